The molecule has 0 spiro atoms. The Morgan fingerprint density at radius 3 is 2.53 bits per heavy atom. The summed E-state index contributed by atoms with van der Waals surface area (Å²) in [5, 5.41) is 10.9. The molecule has 0 rings (SSSR count). The molecule has 96 valence electrons. The van der Waals surface area contributed by atoms with Crippen molar-refractivity contribution >= 4 is 17.8 Å². The van der Waals surface area contributed by atoms with Crippen LogP contribution in [0.15, 0.2) is 11.6 Å². The Bertz CT molecular complexity index is 323. The zero-order chi connectivity index (χ0) is 13.3. The molecule has 0 aromatic carbocycles. The van der Waals surface area contributed by atoms with Crippen LogP contribution in [0, 0.1) is 0 Å². The fourth-order valence-electron chi connectivity index (χ4n) is 0.760. The number of carboxylic acids is 1. The second-order valence-corrected chi connectivity index (χ2v) is 3.08. The number of carbonyl (C=O) groups excluding carboxylic acids is 2. The van der Waals surface area contributed by atoms with Crippen LogP contribution in [0.25, 0.3) is 0 Å². The SMILES string of the molecule is COCCNC(=O)COC(=O)C=C(C)C(=O)O. The van der Waals surface area contributed by atoms with Gasteiger partial charge in [-0.15, -0.1) is 0 Å². The number of amides is 1. The van der Waals surface area contributed by atoms with E-state index in [0.29, 0.717) is 13.2 Å². The Morgan fingerprint density at radius 1 is 1.35 bits per heavy atom. The van der Waals surface area contributed by atoms with Crippen LogP contribution in [-0.4, -0.2) is 49.8 Å². The van der Waals surface area contributed by atoms with Gasteiger partial charge in [0.2, 0.25) is 0 Å². The lowest BCUT2D eigenvalue weighted by Crippen LogP contribution is -2.31. The molecule has 0 bridgehead atoms. The topological polar surface area (TPSA) is 102 Å². The predicted molar refractivity (Wildman–Crippen MR) is 57.2 cm³/mol. The number of carbonyl (C=O) groups is 3. The number of ether oxygens (including phenoxy) is 2. The highest BCUT2D eigenvalue weighted by Gasteiger charge is 2.07. The molecule has 2 N–H and O–H groups in total. The highest BCUT2D eigenvalue weighted by Crippen LogP contribution is 1.93. The first-order chi connectivity index (χ1) is 7.97. The second-order valence-electron chi connectivity index (χ2n) is 3.08. The maximum Gasteiger partial charge on any atom is 0.331 e. The van der Waals surface area contributed by atoms with Crippen molar-refractivity contribution in [3.8, 4) is 0 Å². The third-order valence-corrected chi connectivity index (χ3v) is 1.65. The molecule has 0 saturated heterocycles. The average molecular weight is 245 g/mol. The lowest BCUT2D eigenvalue weighted by atomic mass is 10.3. The van der Waals surface area contributed by atoms with Gasteiger partial charge in [-0.3, -0.25) is 4.79 Å². The van der Waals surface area contributed by atoms with E-state index >= 15 is 0 Å². The fraction of sp³-hybridized carbons (Fsp3) is 0.500. The van der Waals surface area contributed by atoms with E-state index in [2.05, 4.69) is 10.1 Å². The molecule has 0 fully saturated rings. The normalized spacial score (nSPS) is 10.8. The first-order valence-electron chi connectivity index (χ1n) is 4.81. The van der Waals surface area contributed by atoms with Crippen LogP contribution in [0.3, 0.4) is 0 Å². The van der Waals surface area contributed by atoms with Crippen molar-refractivity contribution < 1.29 is 29.0 Å². The molecule has 0 aliphatic heterocycles. The van der Waals surface area contributed by atoms with Gasteiger partial charge in [0, 0.05) is 25.3 Å². The highest BCUT2D eigenvalue weighted by atomic mass is 16.5. The Hall–Kier alpha value is -1.89. The zero-order valence-electron chi connectivity index (χ0n) is 9.69. The molecule has 7 nitrogen and oxygen atoms in total. The van der Waals surface area contributed by atoms with E-state index in [1.165, 1.54) is 14.0 Å². The molecule has 0 radical (unpaired) electrons. The first-order valence-corrected chi connectivity index (χ1v) is 4.81. The third-order valence-electron chi connectivity index (χ3n) is 1.65. The molecule has 17 heavy (non-hydrogen) atoms. The summed E-state index contributed by atoms with van der Waals surface area (Å²) >= 11 is 0. The monoisotopic (exact) mass is 245 g/mol. The zero-order valence-corrected chi connectivity index (χ0v) is 9.69. The second kappa shape index (κ2) is 8.28. The number of hydrogen-bond donors (Lipinski definition) is 2. The number of hydrogen-bond acceptors (Lipinski definition) is 5. The van der Waals surface area contributed by atoms with E-state index < -0.39 is 24.5 Å². The van der Waals surface area contributed by atoms with Gasteiger partial charge in [0.05, 0.1) is 6.61 Å². The van der Waals surface area contributed by atoms with E-state index in [-0.39, 0.29) is 5.57 Å². The van der Waals surface area contributed by atoms with Crippen molar-refractivity contribution in [3.05, 3.63) is 11.6 Å². The van der Waals surface area contributed by atoms with Crippen LogP contribution >= 0.6 is 0 Å². The molecular formula is C10H15NO6. The predicted octanol–water partition coefficient (Wildman–Crippen LogP) is -0.677. The molecule has 0 aromatic rings. The summed E-state index contributed by atoms with van der Waals surface area (Å²) in [5.74, 6) is -2.56. The van der Waals surface area contributed by atoms with E-state index in [0.717, 1.165) is 6.08 Å². The summed E-state index contributed by atoms with van der Waals surface area (Å²) in [4.78, 5) is 32.5. The summed E-state index contributed by atoms with van der Waals surface area (Å²) in [7, 11) is 1.49. The molecular weight excluding hydrogens is 230 g/mol. The molecule has 0 aliphatic rings. The van der Waals surface area contributed by atoms with Gasteiger partial charge < -0.3 is 19.9 Å². The third kappa shape index (κ3) is 7.97. The number of methoxy groups -OCH3 is 1. The van der Waals surface area contributed by atoms with Gasteiger partial charge in [0.1, 0.15) is 0 Å². The number of carboxylic acid groups (broad SMARTS) is 1. The van der Waals surface area contributed by atoms with E-state index in [1.807, 2.05) is 0 Å². The molecule has 0 aliphatic carbocycles. The number of esters is 1. The molecule has 0 aromatic heterocycles. The standard InChI is InChI=1S/C10H15NO6/c1-7(10(14)15)5-9(13)17-6-8(12)11-3-4-16-2/h5H,3-4,6H2,1-2H3,(H,11,12)(H,14,15). The van der Waals surface area contributed by atoms with E-state index in [1.54, 1.807) is 0 Å². The van der Waals surface area contributed by atoms with Crippen molar-refractivity contribution in [2.75, 3.05) is 26.9 Å². The molecule has 1 amide bonds. The van der Waals surface area contributed by atoms with Gasteiger partial charge in [0.25, 0.3) is 5.91 Å². The molecule has 0 atom stereocenters. The maximum absolute atomic E-state index is 11.1. The molecule has 7 heteroatoms. The Morgan fingerprint density at radius 2 is 2.00 bits per heavy atom. The quantitative estimate of drug-likeness (QED) is 0.350. The minimum atomic E-state index is -1.22. The lowest BCUT2D eigenvalue weighted by molar-refractivity contribution is -0.144. The van der Waals surface area contributed by atoms with Gasteiger partial charge in [-0.25, -0.2) is 9.59 Å². The molecule has 0 heterocycles. The highest BCUT2D eigenvalue weighted by molar-refractivity contribution is 5.95. The van der Waals surface area contributed by atoms with Crippen molar-refractivity contribution in [2.24, 2.45) is 0 Å². The minimum absolute atomic E-state index is 0.158. The minimum Gasteiger partial charge on any atom is -0.478 e. The summed E-state index contributed by atoms with van der Waals surface area (Å²) in [6.07, 6.45) is 0.810. The lowest BCUT2D eigenvalue weighted by Gasteiger charge is -2.04. The van der Waals surface area contributed by atoms with Gasteiger partial charge in [-0.05, 0) is 6.92 Å². The van der Waals surface area contributed by atoms with Gasteiger partial charge in [-0.2, -0.15) is 0 Å². The van der Waals surface area contributed by atoms with Crippen molar-refractivity contribution in [3.63, 3.8) is 0 Å². The van der Waals surface area contributed by atoms with Crippen molar-refractivity contribution in [1.29, 1.82) is 0 Å². The van der Waals surface area contributed by atoms with Crippen LogP contribution in [0.1, 0.15) is 6.92 Å². The summed E-state index contributed by atoms with van der Waals surface area (Å²) in [6.45, 7) is 1.47. The van der Waals surface area contributed by atoms with Crippen LogP contribution in [-0.2, 0) is 23.9 Å². The summed E-state index contributed by atoms with van der Waals surface area (Å²) in [5.41, 5.74) is -0.158. The smallest absolute Gasteiger partial charge is 0.331 e. The van der Waals surface area contributed by atoms with E-state index in [4.69, 9.17) is 9.84 Å². The molecule has 0 unspecified atom stereocenters. The Labute approximate surface area is 98.4 Å². The van der Waals surface area contributed by atoms with Crippen molar-refractivity contribution in [2.45, 2.75) is 6.92 Å². The van der Waals surface area contributed by atoms with Gasteiger partial charge in [-0.1, -0.05) is 0 Å². The first kappa shape index (κ1) is 15.1. The summed E-state index contributed by atoms with van der Waals surface area (Å²) < 4.78 is 9.22. The average Bonchev–Trinajstić information content (AvgIpc) is 2.26. The van der Waals surface area contributed by atoms with Gasteiger partial charge >= 0.3 is 11.9 Å². The number of aliphatic carboxylic acids is 1. The van der Waals surface area contributed by atoms with Crippen LogP contribution in [0.2, 0.25) is 0 Å². The Balaban J connectivity index is 3.88. The molecule has 0 saturated carbocycles. The van der Waals surface area contributed by atoms with Crippen LogP contribution in [0.5, 0.6) is 0 Å². The Kier molecular flexibility index (Phi) is 7.36. The maximum atomic E-state index is 11.1. The van der Waals surface area contributed by atoms with Crippen molar-refractivity contribution in [1.82, 2.24) is 5.32 Å². The number of nitrogens with one attached hydrogen (secondary N) is 1. The number of rotatable bonds is 7. The fourth-order valence-corrected chi connectivity index (χ4v) is 0.760. The van der Waals surface area contributed by atoms with E-state index in [9.17, 15) is 14.4 Å². The largest absolute Gasteiger partial charge is 0.478 e. The summed E-state index contributed by atoms with van der Waals surface area (Å²) in [6, 6.07) is 0. The van der Waals surface area contributed by atoms with Gasteiger partial charge in [0.15, 0.2) is 6.61 Å². The van der Waals surface area contributed by atoms with Crippen LogP contribution in [0.4, 0.5) is 0 Å². The van der Waals surface area contributed by atoms with Crippen LogP contribution < -0.4 is 5.32 Å².